The normalized spacial score (nSPS) is 15.7. The molecule has 1 amide bonds. The first-order chi connectivity index (χ1) is 17.9. The summed E-state index contributed by atoms with van der Waals surface area (Å²) in [5.41, 5.74) is 0.906. The number of benzene rings is 2. The van der Waals surface area contributed by atoms with Crippen LogP contribution >= 0.6 is 0 Å². The maximum atomic E-state index is 13.2. The molecule has 0 fully saturated rings. The fraction of sp³-hybridized carbons (Fsp3) is 0.346. The summed E-state index contributed by atoms with van der Waals surface area (Å²) in [6.07, 6.45) is -11.2. The van der Waals surface area contributed by atoms with Gasteiger partial charge >= 0.3 is 12.4 Å². The lowest BCUT2D eigenvalue weighted by Gasteiger charge is -2.32. The van der Waals surface area contributed by atoms with E-state index in [0.29, 0.717) is 47.6 Å². The molecule has 3 aromatic rings. The third-order valence-electron chi connectivity index (χ3n) is 6.64. The Kier molecular flexibility index (Phi) is 6.57. The van der Waals surface area contributed by atoms with Crippen LogP contribution in [-0.4, -0.2) is 38.9 Å². The molecule has 0 atom stereocenters. The van der Waals surface area contributed by atoms with Crippen LogP contribution in [0.2, 0.25) is 0 Å². The van der Waals surface area contributed by atoms with E-state index in [1.807, 2.05) is 13.8 Å². The lowest BCUT2D eigenvalue weighted by atomic mass is 9.75. The fourth-order valence-electron chi connectivity index (χ4n) is 4.77. The van der Waals surface area contributed by atoms with Crippen molar-refractivity contribution in [2.24, 2.45) is 11.1 Å². The molecule has 1 aliphatic rings. The van der Waals surface area contributed by atoms with Crippen molar-refractivity contribution in [3.05, 3.63) is 70.5 Å². The highest BCUT2D eigenvalue weighted by Crippen LogP contribution is 2.50. The molecule has 1 heterocycles. The van der Waals surface area contributed by atoms with Gasteiger partial charge in [-0.2, -0.15) is 31.4 Å². The first-order valence-corrected chi connectivity index (χ1v) is 11.6. The Balaban J connectivity index is 1.75. The zero-order valence-corrected chi connectivity index (χ0v) is 21.0. The van der Waals surface area contributed by atoms with Crippen LogP contribution in [0.25, 0.3) is 5.69 Å². The summed E-state index contributed by atoms with van der Waals surface area (Å²) in [5.74, 6) is -0.894. The van der Waals surface area contributed by atoms with Gasteiger partial charge in [-0.15, -0.1) is 0 Å². The summed E-state index contributed by atoms with van der Waals surface area (Å²) in [5, 5.41) is 16.9. The third kappa shape index (κ3) is 4.86. The van der Waals surface area contributed by atoms with Gasteiger partial charge in [0, 0.05) is 17.7 Å². The Labute approximate surface area is 218 Å². The van der Waals surface area contributed by atoms with Gasteiger partial charge in [0.05, 0.1) is 33.9 Å². The highest BCUT2D eigenvalue weighted by molar-refractivity contribution is 6.01. The number of hydrogen-bond donors (Lipinski definition) is 3. The van der Waals surface area contributed by atoms with E-state index in [9.17, 15) is 41.0 Å². The quantitative estimate of drug-likeness (QED) is 0.362. The number of aliphatic hydroxyl groups is 1. The highest BCUT2D eigenvalue weighted by atomic mass is 19.4. The molecule has 0 unspecified atom stereocenters. The Hall–Kier alpha value is -3.87. The fourth-order valence-corrected chi connectivity index (χ4v) is 4.77. The summed E-state index contributed by atoms with van der Waals surface area (Å²) in [7, 11) is 0. The number of aryl methyl sites for hydroxylation is 1. The van der Waals surface area contributed by atoms with Gasteiger partial charge in [0.25, 0.3) is 11.5 Å². The van der Waals surface area contributed by atoms with Crippen molar-refractivity contribution in [2.75, 3.05) is 5.32 Å². The molecule has 0 spiro atoms. The Bertz CT molecular complexity index is 1440. The van der Waals surface area contributed by atoms with Gasteiger partial charge in [-0.05, 0) is 49.1 Å². The van der Waals surface area contributed by atoms with E-state index >= 15 is 0 Å². The summed E-state index contributed by atoms with van der Waals surface area (Å²) >= 11 is 0. The van der Waals surface area contributed by atoms with Crippen LogP contribution in [0.5, 0.6) is 0 Å². The number of primary amides is 1. The van der Waals surface area contributed by atoms with Crippen LogP contribution < -0.4 is 11.1 Å². The second-order valence-electron chi connectivity index (χ2n) is 10.3. The van der Waals surface area contributed by atoms with Crippen molar-refractivity contribution >= 4 is 23.1 Å². The molecule has 7 nitrogen and oxygen atoms in total. The molecular formula is C26H24F6N4O3. The number of hydrogen-bond acceptors (Lipinski definition) is 5. The van der Waals surface area contributed by atoms with E-state index in [0.717, 1.165) is 12.1 Å². The molecule has 0 radical (unpaired) electrons. The number of rotatable bonds is 5. The van der Waals surface area contributed by atoms with E-state index in [2.05, 4.69) is 10.4 Å². The number of amides is 1. The number of nitrogens with one attached hydrogen (secondary N) is 1. The SMILES string of the molecule is Cc1nn(-c2ccc(C(N)=O)c(Nc3ccc(C(O)(C(F)(F)F)C(F)(F)F)cc3)c2)c2c1C(=O)CC(C)(C)C2. The van der Waals surface area contributed by atoms with Gasteiger partial charge in [-0.3, -0.25) is 9.59 Å². The van der Waals surface area contributed by atoms with Gasteiger partial charge in [0.2, 0.25) is 0 Å². The van der Waals surface area contributed by atoms with Crippen molar-refractivity contribution in [1.82, 2.24) is 9.78 Å². The number of ketones is 1. The molecule has 0 aliphatic heterocycles. The number of nitrogens with zero attached hydrogens (tertiary/aromatic N) is 2. The molecule has 0 bridgehead atoms. The summed E-state index contributed by atoms with van der Waals surface area (Å²) < 4.78 is 80.8. The molecular weight excluding hydrogens is 530 g/mol. The minimum atomic E-state index is -6.02. The number of aromatic nitrogens is 2. The van der Waals surface area contributed by atoms with E-state index in [1.54, 1.807) is 17.7 Å². The lowest BCUT2D eigenvalue weighted by Crippen LogP contribution is -2.53. The van der Waals surface area contributed by atoms with Gasteiger partial charge in [-0.25, -0.2) is 4.68 Å². The number of nitrogens with two attached hydrogens (primary N) is 1. The number of alkyl halides is 6. The third-order valence-corrected chi connectivity index (χ3v) is 6.64. The molecule has 1 aliphatic carbocycles. The van der Waals surface area contributed by atoms with Crippen LogP contribution in [0, 0.1) is 12.3 Å². The zero-order chi connectivity index (χ0) is 29.1. The van der Waals surface area contributed by atoms with Crippen LogP contribution in [0.15, 0.2) is 42.5 Å². The molecule has 208 valence electrons. The van der Waals surface area contributed by atoms with Crippen molar-refractivity contribution in [3.8, 4) is 5.69 Å². The minimum Gasteiger partial charge on any atom is -0.369 e. The maximum absolute atomic E-state index is 13.2. The number of halogens is 6. The Morgan fingerprint density at radius 1 is 1.03 bits per heavy atom. The number of fused-ring (bicyclic) bond motifs is 1. The molecule has 1 aromatic heterocycles. The lowest BCUT2D eigenvalue weighted by molar-refractivity contribution is -0.376. The van der Waals surface area contributed by atoms with E-state index in [1.165, 1.54) is 12.1 Å². The molecule has 0 saturated heterocycles. The number of anilines is 2. The molecule has 2 aromatic carbocycles. The average Bonchev–Trinajstić information content (AvgIpc) is 3.12. The van der Waals surface area contributed by atoms with Crippen molar-refractivity contribution in [3.63, 3.8) is 0 Å². The molecule has 4 rings (SSSR count). The summed E-state index contributed by atoms with van der Waals surface area (Å²) in [6, 6.07) is 7.19. The van der Waals surface area contributed by atoms with E-state index in [4.69, 9.17) is 5.73 Å². The van der Waals surface area contributed by atoms with Crippen LogP contribution in [0.1, 0.15) is 57.9 Å². The molecule has 39 heavy (non-hydrogen) atoms. The number of Topliss-reactive ketones (excluding diaryl/α,β-unsaturated/α-hetero) is 1. The van der Waals surface area contributed by atoms with Gasteiger partial charge < -0.3 is 16.2 Å². The second-order valence-corrected chi connectivity index (χ2v) is 10.3. The topological polar surface area (TPSA) is 110 Å². The standard InChI is InChI=1S/C26H24F6N4O3/c1-13-21-19(11-23(2,3)12-20(21)37)36(35-13)16-8-9-17(22(33)38)18(10-16)34-15-6-4-14(5-7-15)24(39,25(27,28)29)26(30,31)32/h4-10,34,39H,11-12H2,1-3H3,(H2,33,38). The first kappa shape index (κ1) is 28.1. The van der Waals surface area contributed by atoms with Crippen LogP contribution in [-0.2, 0) is 12.0 Å². The van der Waals surface area contributed by atoms with Crippen molar-refractivity contribution < 1.29 is 41.0 Å². The molecule has 4 N–H and O–H groups in total. The van der Waals surface area contributed by atoms with Gasteiger partial charge in [-0.1, -0.05) is 26.0 Å². The number of carbonyl (C=O) groups excluding carboxylic acids is 2. The van der Waals surface area contributed by atoms with Gasteiger partial charge in [0.1, 0.15) is 0 Å². The van der Waals surface area contributed by atoms with Crippen molar-refractivity contribution in [1.29, 1.82) is 0 Å². The Morgan fingerprint density at radius 2 is 1.62 bits per heavy atom. The maximum Gasteiger partial charge on any atom is 0.430 e. The zero-order valence-electron chi connectivity index (χ0n) is 21.0. The molecule has 13 heteroatoms. The molecule has 0 saturated carbocycles. The predicted molar refractivity (Wildman–Crippen MR) is 129 cm³/mol. The smallest absolute Gasteiger partial charge is 0.369 e. The monoisotopic (exact) mass is 554 g/mol. The largest absolute Gasteiger partial charge is 0.430 e. The first-order valence-electron chi connectivity index (χ1n) is 11.6. The van der Waals surface area contributed by atoms with E-state index in [-0.39, 0.29) is 28.1 Å². The highest BCUT2D eigenvalue weighted by Gasteiger charge is 2.71. The van der Waals surface area contributed by atoms with Gasteiger partial charge in [0.15, 0.2) is 5.78 Å². The summed E-state index contributed by atoms with van der Waals surface area (Å²) in [6.45, 7) is 5.60. The number of carbonyl (C=O) groups is 2. The Morgan fingerprint density at radius 3 is 2.15 bits per heavy atom. The summed E-state index contributed by atoms with van der Waals surface area (Å²) in [4.78, 5) is 24.8. The minimum absolute atomic E-state index is 0.0140. The van der Waals surface area contributed by atoms with Crippen molar-refractivity contribution in [2.45, 2.75) is 51.6 Å². The van der Waals surface area contributed by atoms with Crippen LogP contribution in [0.3, 0.4) is 0 Å². The predicted octanol–water partition coefficient (Wildman–Crippen LogP) is 5.49. The van der Waals surface area contributed by atoms with Crippen LogP contribution in [0.4, 0.5) is 37.7 Å². The van der Waals surface area contributed by atoms with E-state index < -0.39 is 29.4 Å². The second kappa shape index (κ2) is 9.11. The average molecular weight is 554 g/mol.